The van der Waals surface area contributed by atoms with Gasteiger partial charge in [-0.25, -0.2) is 9.82 Å². The minimum absolute atomic E-state index is 0.285. The Kier molecular flexibility index (Phi) is 10.5. The van der Waals surface area contributed by atoms with Gasteiger partial charge in [0.05, 0.1) is 11.8 Å². The Bertz CT molecular complexity index is 1240. The van der Waals surface area contributed by atoms with E-state index in [1.165, 1.54) is 29.7 Å². The molecule has 1 heterocycles. The van der Waals surface area contributed by atoms with Gasteiger partial charge in [0, 0.05) is 25.2 Å². The molecular formula is C28H34FN5O2S. The number of carbonyl (C=O) groups excluding carboxylic acids is 2. The molecule has 0 spiro atoms. The summed E-state index contributed by atoms with van der Waals surface area (Å²) >= 11 is 1.28. The predicted octanol–water partition coefficient (Wildman–Crippen LogP) is 4.99. The number of halogens is 1. The summed E-state index contributed by atoms with van der Waals surface area (Å²) in [5, 5.41) is 9.06. The van der Waals surface area contributed by atoms with Crippen LogP contribution in [-0.2, 0) is 6.54 Å². The van der Waals surface area contributed by atoms with Gasteiger partial charge in [0.2, 0.25) is 0 Å². The number of benzene rings is 2. The topological polar surface area (TPSA) is 77.0 Å². The Labute approximate surface area is 222 Å². The lowest BCUT2D eigenvalue weighted by molar-refractivity contribution is 0.0956. The number of hydrogen-bond acceptors (Lipinski definition) is 6. The van der Waals surface area contributed by atoms with Crippen LogP contribution in [0.15, 0.2) is 59.0 Å². The largest absolute Gasteiger partial charge is 0.313 e. The van der Waals surface area contributed by atoms with E-state index in [4.69, 9.17) is 0 Å². The zero-order valence-corrected chi connectivity index (χ0v) is 22.6. The molecule has 2 N–H and O–H groups in total. The number of anilines is 1. The molecule has 196 valence electrons. The SMILES string of the molecule is CCN(CC)CCN(C)Cc1cccc(C(=O)Nc2scc(C)c2C(=O)N/N=C/c2cccc(F)c2)c1. The van der Waals surface area contributed by atoms with Crippen LogP contribution in [-0.4, -0.2) is 61.1 Å². The van der Waals surface area contributed by atoms with Crippen molar-refractivity contribution in [3.05, 3.63) is 87.5 Å². The minimum atomic E-state index is -0.453. The maximum Gasteiger partial charge on any atom is 0.274 e. The highest BCUT2D eigenvalue weighted by molar-refractivity contribution is 7.15. The molecule has 0 aliphatic carbocycles. The summed E-state index contributed by atoms with van der Waals surface area (Å²) in [6.07, 6.45) is 1.37. The van der Waals surface area contributed by atoms with Crippen LogP contribution >= 0.6 is 11.3 Å². The first kappa shape index (κ1) is 28.2. The van der Waals surface area contributed by atoms with E-state index in [2.05, 4.69) is 46.5 Å². The van der Waals surface area contributed by atoms with Crippen molar-refractivity contribution in [1.29, 1.82) is 0 Å². The average molecular weight is 524 g/mol. The van der Waals surface area contributed by atoms with Crippen molar-refractivity contribution in [2.45, 2.75) is 27.3 Å². The first-order valence-corrected chi connectivity index (χ1v) is 13.2. The molecule has 1 aromatic heterocycles. The molecular weight excluding hydrogens is 489 g/mol. The first-order chi connectivity index (χ1) is 17.8. The Balaban J connectivity index is 1.63. The summed E-state index contributed by atoms with van der Waals surface area (Å²) in [5.41, 5.74) is 5.62. The monoisotopic (exact) mass is 523 g/mol. The van der Waals surface area contributed by atoms with Gasteiger partial charge in [-0.2, -0.15) is 5.10 Å². The van der Waals surface area contributed by atoms with E-state index in [1.807, 2.05) is 23.6 Å². The maximum atomic E-state index is 13.3. The molecule has 3 aromatic rings. The van der Waals surface area contributed by atoms with Crippen molar-refractivity contribution in [2.24, 2.45) is 5.10 Å². The third-order valence-corrected chi connectivity index (χ3v) is 7.00. The summed E-state index contributed by atoms with van der Waals surface area (Å²) in [7, 11) is 2.08. The number of amides is 2. The molecule has 0 atom stereocenters. The van der Waals surface area contributed by atoms with Crippen LogP contribution in [0.3, 0.4) is 0 Å². The van der Waals surface area contributed by atoms with Gasteiger partial charge in [0.25, 0.3) is 11.8 Å². The van der Waals surface area contributed by atoms with Gasteiger partial charge in [-0.1, -0.05) is 38.1 Å². The molecule has 7 nitrogen and oxygen atoms in total. The Hall–Kier alpha value is -3.40. The number of thiophene rings is 1. The molecule has 0 aliphatic rings. The molecule has 0 bridgehead atoms. The molecule has 0 fully saturated rings. The zero-order chi connectivity index (χ0) is 26.8. The Morgan fingerprint density at radius 2 is 1.81 bits per heavy atom. The third-order valence-electron chi connectivity index (χ3n) is 5.99. The summed E-state index contributed by atoms with van der Waals surface area (Å²) in [6.45, 7) is 10.9. The highest BCUT2D eigenvalue weighted by Crippen LogP contribution is 2.28. The number of nitrogens with zero attached hydrogens (tertiary/aromatic N) is 3. The summed E-state index contributed by atoms with van der Waals surface area (Å²) in [5.74, 6) is -1.12. The van der Waals surface area contributed by atoms with Crippen LogP contribution in [0.1, 0.15) is 51.3 Å². The second-order valence-electron chi connectivity index (χ2n) is 8.80. The molecule has 0 unspecified atom stereocenters. The third kappa shape index (κ3) is 8.31. The van der Waals surface area contributed by atoms with Crippen molar-refractivity contribution < 1.29 is 14.0 Å². The number of rotatable bonds is 12. The number of aryl methyl sites for hydroxylation is 1. The summed E-state index contributed by atoms with van der Waals surface area (Å²) < 4.78 is 13.3. The van der Waals surface area contributed by atoms with Crippen molar-refractivity contribution >= 4 is 34.4 Å². The average Bonchev–Trinajstić information content (AvgIpc) is 3.24. The van der Waals surface area contributed by atoms with Gasteiger partial charge in [-0.3, -0.25) is 9.59 Å². The number of hydrogen-bond donors (Lipinski definition) is 2. The quantitative estimate of drug-likeness (QED) is 0.259. The van der Waals surface area contributed by atoms with Crippen LogP contribution in [0.4, 0.5) is 9.39 Å². The molecule has 0 radical (unpaired) electrons. The van der Waals surface area contributed by atoms with E-state index in [1.54, 1.807) is 25.1 Å². The molecule has 0 aliphatic heterocycles. The molecule has 0 saturated carbocycles. The lowest BCUT2D eigenvalue weighted by Crippen LogP contribution is -2.32. The fourth-order valence-corrected chi connectivity index (χ4v) is 4.79. The van der Waals surface area contributed by atoms with Crippen molar-refractivity contribution in [3.63, 3.8) is 0 Å². The summed E-state index contributed by atoms with van der Waals surface area (Å²) in [6, 6.07) is 13.4. The fourth-order valence-electron chi connectivity index (χ4n) is 3.86. The number of likely N-dealkylation sites (N-methyl/N-ethyl adjacent to an activating group) is 2. The predicted molar refractivity (Wildman–Crippen MR) is 149 cm³/mol. The smallest absolute Gasteiger partial charge is 0.274 e. The first-order valence-electron chi connectivity index (χ1n) is 12.3. The van der Waals surface area contributed by atoms with E-state index >= 15 is 0 Å². The van der Waals surface area contributed by atoms with E-state index in [-0.39, 0.29) is 11.7 Å². The van der Waals surface area contributed by atoms with Crippen molar-refractivity contribution in [1.82, 2.24) is 15.2 Å². The van der Waals surface area contributed by atoms with Crippen molar-refractivity contribution in [2.75, 3.05) is 38.5 Å². The Morgan fingerprint density at radius 3 is 2.54 bits per heavy atom. The van der Waals surface area contributed by atoms with Crippen LogP contribution < -0.4 is 10.7 Å². The Morgan fingerprint density at radius 1 is 1.05 bits per heavy atom. The van der Waals surface area contributed by atoms with Crippen LogP contribution in [0.2, 0.25) is 0 Å². The maximum absolute atomic E-state index is 13.3. The van der Waals surface area contributed by atoms with E-state index in [9.17, 15) is 14.0 Å². The van der Waals surface area contributed by atoms with E-state index < -0.39 is 5.91 Å². The molecule has 37 heavy (non-hydrogen) atoms. The van der Waals surface area contributed by atoms with Gasteiger partial charge >= 0.3 is 0 Å². The van der Waals surface area contributed by atoms with Crippen LogP contribution in [0.5, 0.6) is 0 Å². The van der Waals surface area contributed by atoms with Crippen molar-refractivity contribution in [3.8, 4) is 0 Å². The zero-order valence-electron chi connectivity index (χ0n) is 21.8. The second kappa shape index (κ2) is 13.8. The minimum Gasteiger partial charge on any atom is -0.313 e. The van der Waals surface area contributed by atoms with E-state index in [0.717, 1.165) is 43.9 Å². The number of hydrazone groups is 1. The van der Waals surface area contributed by atoms with Gasteiger partial charge in [-0.15, -0.1) is 11.3 Å². The van der Waals surface area contributed by atoms with Gasteiger partial charge in [0.15, 0.2) is 0 Å². The molecule has 3 rings (SSSR count). The highest BCUT2D eigenvalue weighted by atomic mass is 32.1. The molecule has 2 aromatic carbocycles. The highest BCUT2D eigenvalue weighted by Gasteiger charge is 2.19. The second-order valence-corrected chi connectivity index (χ2v) is 9.68. The lowest BCUT2D eigenvalue weighted by atomic mass is 10.1. The molecule has 9 heteroatoms. The lowest BCUT2D eigenvalue weighted by Gasteiger charge is -2.23. The van der Waals surface area contributed by atoms with Gasteiger partial charge in [0.1, 0.15) is 10.8 Å². The van der Waals surface area contributed by atoms with Crippen LogP contribution in [0.25, 0.3) is 0 Å². The molecule has 2 amide bonds. The number of nitrogens with one attached hydrogen (secondary N) is 2. The normalized spacial score (nSPS) is 11.4. The van der Waals surface area contributed by atoms with Crippen LogP contribution in [0, 0.1) is 12.7 Å². The van der Waals surface area contributed by atoms with Gasteiger partial charge < -0.3 is 15.1 Å². The molecule has 0 saturated heterocycles. The number of carbonyl (C=O) groups is 2. The van der Waals surface area contributed by atoms with Gasteiger partial charge in [-0.05, 0) is 73.4 Å². The standard InChI is InChI=1S/C28H34FN5O2S/c1-5-34(6-2)14-13-33(4)18-22-10-7-11-23(15-22)26(35)31-28-25(20(3)19-37-28)27(36)32-30-17-21-9-8-12-24(29)16-21/h7-12,15-17,19H,5-6,13-14,18H2,1-4H3,(H,31,35)(H,32,36)/b30-17+. The van der Waals surface area contributed by atoms with E-state index in [0.29, 0.717) is 21.7 Å². The summed E-state index contributed by atoms with van der Waals surface area (Å²) in [4.78, 5) is 30.5. The fraction of sp³-hybridized carbons (Fsp3) is 0.321.